The maximum atomic E-state index is 9.49. The predicted molar refractivity (Wildman–Crippen MR) is 204 cm³/mol. The molecule has 9 rings (SSSR count). The zero-order chi connectivity index (χ0) is 32.7. The van der Waals surface area contributed by atoms with E-state index in [4.69, 9.17) is 9.97 Å². The first kappa shape index (κ1) is 28.8. The van der Waals surface area contributed by atoms with E-state index in [2.05, 4.69) is 127 Å². The van der Waals surface area contributed by atoms with Gasteiger partial charge in [-0.1, -0.05) is 109 Å². The van der Waals surface area contributed by atoms with Crippen molar-refractivity contribution in [1.82, 2.24) is 9.97 Å². The Morgan fingerprint density at radius 2 is 1.08 bits per heavy atom. The number of benzene rings is 7. The van der Waals surface area contributed by atoms with Gasteiger partial charge < -0.3 is 0 Å². The largest absolute Gasteiger partial charge is 0.227 e. The summed E-state index contributed by atoms with van der Waals surface area (Å²) in [4.78, 5) is 11.4. The molecule has 0 spiro atoms. The highest BCUT2D eigenvalue weighted by atomic mass is 32.1. The fraction of sp³-hybridized carbons (Fsp3) is 0. The molecule has 0 saturated heterocycles. The molecule has 0 N–H and O–H groups in total. The van der Waals surface area contributed by atoms with Crippen molar-refractivity contribution in [2.24, 2.45) is 0 Å². The Hall–Kier alpha value is -6.41. The number of hydrogen-bond acceptors (Lipinski definition) is 4. The van der Waals surface area contributed by atoms with Gasteiger partial charge in [-0.25, -0.2) is 9.97 Å². The van der Waals surface area contributed by atoms with Crippen LogP contribution in [0.3, 0.4) is 0 Å². The lowest BCUT2D eigenvalue weighted by atomic mass is 9.90. The Kier molecular flexibility index (Phi) is 7.04. The lowest BCUT2D eigenvalue weighted by molar-refractivity contribution is 1.19. The smallest absolute Gasteiger partial charge is 0.170 e. The van der Waals surface area contributed by atoms with Crippen LogP contribution in [0.25, 0.3) is 87.1 Å². The van der Waals surface area contributed by atoms with Gasteiger partial charge in [0, 0.05) is 15.8 Å². The monoisotopic (exact) mass is 641 g/mol. The molecule has 0 bridgehead atoms. The van der Waals surface area contributed by atoms with Crippen molar-refractivity contribution in [2.75, 3.05) is 0 Å². The van der Waals surface area contributed by atoms with E-state index >= 15 is 0 Å². The van der Waals surface area contributed by atoms with E-state index in [1.165, 1.54) is 31.6 Å². The minimum atomic E-state index is 0.636. The fourth-order valence-electron chi connectivity index (χ4n) is 6.68. The lowest BCUT2D eigenvalue weighted by Crippen LogP contribution is -1.96. The first-order valence-corrected chi connectivity index (χ1v) is 17.0. The van der Waals surface area contributed by atoms with E-state index in [1.807, 2.05) is 42.5 Å². The summed E-state index contributed by atoms with van der Waals surface area (Å²) in [5.74, 6) is 0.707. The quantitative estimate of drug-likeness (QED) is 0.176. The highest BCUT2D eigenvalue weighted by Crippen LogP contribution is 2.40. The van der Waals surface area contributed by atoms with Gasteiger partial charge in [0.2, 0.25) is 0 Å². The van der Waals surface area contributed by atoms with Gasteiger partial charge in [0.05, 0.1) is 27.9 Å². The Morgan fingerprint density at radius 1 is 0.449 bits per heavy atom. The zero-order valence-corrected chi connectivity index (χ0v) is 27.2. The van der Waals surface area contributed by atoms with Crippen LogP contribution in [-0.2, 0) is 0 Å². The van der Waals surface area contributed by atoms with Crippen molar-refractivity contribution in [3.63, 3.8) is 0 Å². The average Bonchev–Trinajstić information content (AvgIpc) is 3.62. The van der Waals surface area contributed by atoms with Crippen LogP contribution in [0.2, 0.25) is 0 Å². The number of rotatable bonds is 5. The van der Waals surface area contributed by atoms with Gasteiger partial charge in [-0.15, -0.1) is 11.3 Å². The molecule has 0 aliphatic carbocycles. The van der Waals surface area contributed by atoms with Crippen molar-refractivity contribution in [3.8, 4) is 61.5 Å². The highest BCUT2D eigenvalue weighted by Gasteiger charge is 2.16. The van der Waals surface area contributed by atoms with E-state index < -0.39 is 0 Å². The molecule has 0 saturated carbocycles. The van der Waals surface area contributed by atoms with Gasteiger partial charge >= 0.3 is 0 Å². The summed E-state index contributed by atoms with van der Waals surface area (Å²) in [5.41, 5.74) is 8.75. The van der Waals surface area contributed by atoms with Crippen molar-refractivity contribution in [2.45, 2.75) is 0 Å². The van der Waals surface area contributed by atoms with Gasteiger partial charge in [-0.05, 0) is 104 Å². The molecule has 0 atom stereocenters. The van der Waals surface area contributed by atoms with Crippen molar-refractivity contribution in [3.05, 3.63) is 169 Å². The van der Waals surface area contributed by atoms with Gasteiger partial charge in [0.25, 0.3) is 0 Å². The lowest BCUT2D eigenvalue weighted by Gasteiger charge is -2.15. The van der Waals surface area contributed by atoms with E-state index in [-0.39, 0.29) is 0 Å². The molecule has 228 valence electrons. The third-order valence-electron chi connectivity index (χ3n) is 9.10. The number of nitrogens with zero attached hydrogens (tertiary/aromatic N) is 3. The van der Waals surface area contributed by atoms with Crippen LogP contribution in [-0.4, -0.2) is 9.97 Å². The normalized spacial score (nSPS) is 11.2. The molecule has 49 heavy (non-hydrogen) atoms. The summed E-state index contributed by atoms with van der Waals surface area (Å²) >= 11 is 1.71. The molecule has 0 aliphatic rings. The SMILES string of the molecule is N#Cc1ccc(-c2cc(-c3cc(-c4ccccc4)nc(-c4cc5ccccc5s4)n3)cc(-c3cc4ccccc4c4ccccc34)c2)cc1. The second-order valence-electron chi connectivity index (χ2n) is 12.2. The number of nitriles is 1. The van der Waals surface area contributed by atoms with Gasteiger partial charge in [-0.2, -0.15) is 5.26 Å². The van der Waals surface area contributed by atoms with E-state index in [0.29, 0.717) is 11.4 Å². The summed E-state index contributed by atoms with van der Waals surface area (Å²) in [6, 6.07) is 59.3. The summed E-state index contributed by atoms with van der Waals surface area (Å²) in [6.45, 7) is 0. The third-order valence-corrected chi connectivity index (χ3v) is 10.2. The standard InChI is InChI=1S/C45H27N3S/c46-28-29-18-20-30(21-19-29)34-22-35(40-25-32-12-4-6-14-37(32)38-15-7-8-16-39(38)40)24-36(23-34)42-27-41(31-10-2-1-3-11-31)47-45(48-42)44-26-33-13-5-9-17-43(33)49-44/h1-27H. The molecule has 4 heteroatoms. The molecule has 2 heterocycles. The molecule has 0 aliphatic heterocycles. The summed E-state index contributed by atoms with van der Waals surface area (Å²) in [7, 11) is 0. The number of aromatic nitrogens is 2. The molecule has 0 fully saturated rings. The third kappa shape index (κ3) is 5.33. The number of thiophene rings is 1. The van der Waals surface area contributed by atoms with E-state index in [9.17, 15) is 5.26 Å². The van der Waals surface area contributed by atoms with Gasteiger partial charge in [0.15, 0.2) is 5.82 Å². The fourth-order valence-corrected chi connectivity index (χ4v) is 7.68. The molecular weight excluding hydrogens is 615 g/mol. The molecule has 3 nitrogen and oxygen atoms in total. The maximum absolute atomic E-state index is 9.49. The minimum Gasteiger partial charge on any atom is -0.227 e. The summed E-state index contributed by atoms with van der Waals surface area (Å²) in [5, 5.41) is 15.5. The van der Waals surface area contributed by atoms with E-state index in [1.54, 1.807) is 11.3 Å². The first-order valence-electron chi connectivity index (χ1n) is 16.2. The average molecular weight is 642 g/mol. The topological polar surface area (TPSA) is 49.6 Å². The van der Waals surface area contributed by atoms with Crippen LogP contribution >= 0.6 is 11.3 Å². The molecule has 7 aromatic carbocycles. The van der Waals surface area contributed by atoms with Crippen LogP contribution < -0.4 is 0 Å². The Bertz CT molecular complexity index is 2690. The van der Waals surface area contributed by atoms with Crippen molar-refractivity contribution >= 4 is 43.0 Å². The van der Waals surface area contributed by atoms with Crippen LogP contribution in [0.4, 0.5) is 0 Å². The zero-order valence-electron chi connectivity index (χ0n) is 26.3. The summed E-state index contributed by atoms with van der Waals surface area (Å²) in [6.07, 6.45) is 0. The van der Waals surface area contributed by atoms with Gasteiger partial charge in [0.1, 0.15) is 0 Å². The Labute approximate surface area is 288 Å². The van der Waals surface area contributed by atoms with Crippen LogP contribution in [0, 0.1) is 11.3 Å². The molecule has 9 aromatic rings. The second kappa shape index (κ2) is 12.0. The molecular formula is C45H27N3S. The van der Waals surface area contributed by atoms with Crippen LogP contribution in [0.5, 0.6) is 0 Å². The van der Waals surface area contributed by atoms with Gasteiger partial charge in [-0.3, -0.25) is 0 Å². The Morgan fingerprint density at radius 3 is 1.86 bits per heavy atom. The number of hydrogen-bond donors (Lipinski definition) is 0. The minimum absolute atomic E-state index is 0.636. The maximum Gasteiger partial charge on any atom is 0.170 e. The van der Waals surface area contributed by atoms with Crippen LogP contribution in [0.15, 0.2) is 164 Å². The van der Waals surface area contributed by atoms with E-state index in [0.717, 1.165) is 49.6 Å². The second-order valence-corrected chi connectivity index (χ2v) is 13.2. The molecule has 0 unspecified atom stereocenters. The molecule has 0 amide bonds. The van der Waals surface area contributed by atoms with Crippen LogP contribution in [0.1, 0.15) is 5.56 Å². The highest BCUT2D eigenvalue weighted by molar-refractivity contribution is 7.22. The van der Waals surface area contributed by atoms with Crippen molar-refractivity contribution in [1.29, 1.82) is 5.26 Å². The number of fused-ring (bicyclic) bond motifs is 4. The Balaban J connectivity index is 1.31. The summed E-state index contributed by atoms with van der Waals surface area (Å²) < 4.78 is 1.21. The molecule has 0 radical (unpaired) electrons. The first-order chi connectivity index (χ1) is 24.2. The van der Waals surface area contributed by atoms with Crippen molar-refractivity contribution < 1.29 is 0 Å². The predicted octanol–water partition coefficient (Wildman–Crippen LogP) is 12.2. The molecule has 2 aromatic heterocycles.